The van der Waals surface area contributed by atoms with Crippen LogP contribution in [0.4, 0.5) is 11.4 Å². The van der Waals surface area contributed by atoms with Crippen molar-refractivity contribution in [3.8, 4) is 0 Å². The van der Waals surface area contributed by atoms with Gasteiger partial charge in [0.2, 0.25) is 0 Å². The summed E-state index contributed by atoms with van der Waals surface area (Å²) in [6.45, 7) is 8.79. The van der Waals surface area contributed by atoms with Gasteiger partial charge in [0, 0.05) is 91.8 Å². The van der Waals surface area contributed by atoms with Crippen molar-refractivity contribution < 1.29 is 4.74 Å². The third-order valence-electron chi connectivity index (χ3n) is 8.81. The van der Waals surface area contributed by atoms with Gasteiger partial charge >= 0.3 is 0 Å². The summed E-state index contributed by atoms with van der Waals surface area (Å²) in [5.41, 5.74) is 7.60. The van der Waals surface area contributed by atoms with E-state index < -0.39 is 0 Å². The Morgan fingerprint density at radius 3 is 2.62 bits per heavy atom. The molecule has 2 atom stereocenters. The van der Waals surface area contributed by atoms with Crippen molar-refractivity contribution in [2.24, 2.45) is 0 Å². The van der Waals surface area contributed by atoms with Crippen LogP contribution in [0.1, 0.15) is 35.1 Å². The molecule has 6 nitrogen and oxygen atoms in total. The lowest BCUT2D eigenvalue weighted by atomic mass is 9.96. The van der Waals surface area contributed by atoms with E-state index in [0.717, 1.165) is 74.7 Å². The minimum absolute atomic E-state index is 0.298. The first-order valence-corrected chi connectivity index (χ1v) is 15.3. The van der Waals surface area contributed by atoms with Gasteiger partial charge in [0.25, 0.3) is 0 Å². The maximum atomic E-state index is 6.45. The number of hydrogen-bond donors (Lipinski definition) is 1. The van der Waals surface area contributed by atoms with Crippen LogP contribution in [-0.2, 0) is 4.74 Å². The monoisotopic (exact) mass is 597 g/mol. The van der Waals surface area contributed by atoms with Crippen LogP contribution < -0.4 is 10.2 Å². The fraction of sp³-hybridized carbons (Fsp3) is 0.364. The summed E-state index contributed by atoms with van der Waals surface area (Å²) in [6.07, 6.45) is 7.75. The van der Waals surface area contributed by atoms with E-state index in [0.29, 0.717) is 18.6 Å². The number of fused-ring (bicyclic) bond motifs is 3. The van der Waals surface area contributed by atoms with E-state index in [2.05, 4.69) is 109 Å². The number of piperazine rings is 1. The summed E-state index contributed by atoms with van der Waals surface area (Å²) in [6, 6.07) is 21.7. The fourth-order valence-electron chi connectivity index (χ4n) is 6.57. The number of ether oxygens (including phenoxy) is 1. The number of para-hydroxylation sites is 1. The Balaban J connectivity index is 1.01. The molecular weight excluding hydrogens is 562 g/mol. The van der Waals surface area contributed by atoms with Crippen molar-refractivity contribution >= 4 is 33.1 Å². The van der Waals surface area contributed by atoms with Gasteiger partial charge in [-0.1, -0.05) is 52.3 Å². The molecule has 206 valence electrons. The highest BCUT2D eigenvalue weighted by Crippen LogP contribution is 2.37. The minimum atomic E-state index is 0.298. The van der Waals surface area contributed by atoms with Crippen molar-refractivity contribution in [1.29, 1.82) is 0 Å². The minimum Gasteiger partial charge on any atom is -0.476 e. The number of nitrogens with zero attached hydrogens (tertiary/aromatic N) is 4. The maximum Gasteiger partial charge on any atom is 0.151 e. The smallest absolute Gasteiger partial charge is 0.151 e. The highest BCUT2D eigenvalue weighted by atomic mass is 79.9. The Morgan fingerprint density at radius 1 is 0.925 bits per heavy atom. The summed E-state index contributed by atoms with van der Waals surface area (Å²) in [7, 11) is 0. The molecule has 2 aromatic carbocycles. The molecule has 4 aliphatic rings. The molecule has 1 aliphatic carbocycles. The number of anilines is 2. The number of rotatable bonds is 6. The number of hydrogen-bond acceptors (Lipinski definition) is 6. The van der Waals surface area contributed by atoms with Gasteiger partial charge in [-0.3, -0.25) is 14.8 Å². The molecule has 0 amide bonds. The summed E-state index contributed by atoms with van der Waals surface area (Å²) in [4.78, 5) is 12.4. The first kappa shape index (κ1) is 25.8. The van der Waals surface area contributed by atoms with Crippen LogP contribution in [0.15, 0.2) is 89.1 Å². The molecule has 0 radical (unpaired) electrons. The van der Waals surface area contributed by atoms with Crippen LogP contribution in [0, 0.1) is 0 Å². The summed E-state index contributed by atoms with van der Waals surface area (Å²) < 4.78 is 7.58. The lowest BCUT2D eigenvalue weighted by Crippen LogP contribution is -2.47. The highest BCUT2D eigenvalue weighted by molar-refractivity contribution is 9.10. The van der Waals surface area contributed by atoms with E-state index in [1.165, 1.54) is 28.1 Å². The average molecular weight is 599 g/mol. The fourth-order valence-corrected chi connectivity index (χ4v) is 6.84. The zero-order valence-corrected chi connectivity index (χ0v) is 24.4. The largest absolute Gasteiger partial charge is 0.476 e. The quantitative estimate of drug-likeness (QED) is 0.380. The standard InChI is InChI=1S/C33H36BrN5O/c34-27-9-11-28(12-10-27)39-18-16-37(17-19-39)21-25-7-8-26-22-38(23-40-33(26)32-30(25)5-3-14-35-32)15-13-24-20-36-31-6-2-1-4-29(24)31/h1-12,14,24-25,36H,13,15-23H2. The van der Waals surface area contributed by atoms with E-state index >= 15 is 0 Å². The summed E-state index contributed by atoms with van der Waals surface area (Å²) in [5.74, 6) is 1.83. The van der Waals surface area contributed by atoms with Crippen LogP contribution in [0.25, 0.3) is 5.76 Å². The Morgan fingerprint density at radius 2 is 1.75 bits per heavy atom. The number of pyridine rings is 1. The molecule has 1 saturated heterocycles. The molecule has 0 spiro atoms. The Bertz CT molecular complexity index is 1410. The lowest BCUT2D eigenvalue weighted by Gasteiger charge is -2.37. The van der Waals surface area contributed by atoms with E-state index in [-0.39, 0.29) is 0 Å². The van der Waals surface area contributed by atoms with E-state index in [1.807, 2.05) is 6.20 Å². The second-order valence-corrected chi connectivity index (χ2v) is 12.2. The molecular formula is C33H36BrN5O. The van der Waals surface area contributed by atoms with Crippen molar-refractivity contribution in [2.75, 3.05) is 69.3 Å². The summed E-state index contributed by atoms with van der Waals surface area (Å²) >= 11 is 3.55. The first-order chi connectivity index (χ1) is 19.7. The van der Waals surface area contributed by atoms with Crippen LogP contribution in [-0.4, -0.2) is 73.9 Å². The molecule has 4 heterocycles. The molecule has 7 heteroatoms. The third-order valence-corrected chi connectivity index (χ3v) is 9.34. The predicted molar refractivity (Wildman–Crippen MR) is 166 cm³/mol. The maximum absolute atomic E-state index is 6.45. The third kappa shape index (κ3) is 5.30. The van der Waals surface area contributed by atoms with Crippen molar-refractivity contribution in [2.45, 2.75) is 18.3 Å². The second-order valence-electron chi connectivity index (χ2n) is 11.3. The SMILES string of the molecule is Brc1ccc(N2CCN(CC3C=CC4=C(OCN(CCC5CNc6ccccc65)C4)c4ncccc43)CC2)cc1. The topological polar surface area (TPSA) is 43.9 Å². The van der Waals surface area contributed by atoms with Crippen molar-refractivity contribution in [1.82, 2.24) is 14.8 Å². The average Bonchev–Trinajstić information content (AvgIpc) is 3.35. The Labute approximate surface area is 245 Å². The van der Waals surface area contributed by atoms with Crippen LogP contribution >= 0.6 is 15.9 Å². The molecule has 1 fully saturated rings. The molecule has 1 aromatic heterocycles. The van der Waals surface area contributed by atoms with Gasteiger partial charge in [-0.15, -0.1) is 0 Å². The molecule has 3 aromatic rings. The van der Waals surface area contributed by atoms with E-state index in [4.69, 9.17) is 9.72 Å². The van der Waals surface area contributed by atoms with Crippen LogP contribution in [0.3, 0.4) is 0 Å². The Hall–Kier alpha value is -3.13. The molecule has 0 saturated carbocycles. The van der Waals surface area contributed by atoms with E-state index in [1.54, 1.807) is 0 Å². The Kier molecular flexibility index (Phi) is 7.35. The molecule has 40 heavy (non-hydrogen) atoms. The van der Waals surface area contributed by atoms with Gasteiger partial charge in [0.15, 0.2) is 5.76 Å². The zero-order valence-electron chi connectivity index (χ0n) is 22.8. The number of benzene rings is 2. The molecule has 7 rings (SSSR count). The molecule has 1 N–H and O–H groups in total. The van der Waals surface area contributed by atoms with Crippen molar-refractivity contribution in [3.05, 3.63) is 106 Å². The van der Waals surface area contributed by atoms with Crippen LogP contribution in [0.5, 0.6) is 0 Å². The van der Waals surface area contributed by atoms with Gasteiger partial charge < -0.3 is 15.0 Å². The summed E-state index contributed by atoms with van der Waals surface area (Å²) in [5, 5.41) is 3.57. The van der Waals surface area contributed by atoms with Gasteiger partial charge in [0.05, 0.1) is 0 Å². The molecule has 3 aliphatic heterocycles. The van der Waals surface area contributed by atoms with Gasteiger partial charge in [0.1, 0.15) is 12.4 Å². The lowest BCUT2D eigenvalue weighted by molar-refractivity contribution is 0.0931. The first-order valence-electron chi connectivity index (χ1n) is 14.5. The number of nitrogens with one attached hydrogen (secondary N) is 1. The van der Waals surface area contributed by atoms with Gasteiger partial charge in [-0.05, 0) is 53.9 Å². The number of aromatic nitrogens is 1. The number of halogens is 1. The molecule has 2 unspecified atom stereocenters. The predicted octanol–water partition coefficient (Wildman–Crippen LogP) is 5.92. The molecule has 0 bridgehead atoms. The van der Waals surface area contributed by atoms with Gasteiger partial charge in [-0.2, -0.15) is 0 Å². The normalized spacial score (nSPS) is 22.7. The van der Waals surface area contributed by atoms with Gasteiger partial charge in [-0.25, -0.2) is 0 Å². The highest BCUT2D eigenvalue weighted by Gasteiger charge is 2.30. The zero-order chi connectivity index (χ0) is 26.9. The second kappa shape index (κ2) is 11.4. The van der Waals surface area contributed by atoms with Crippen LogP contribution in [0.2, 0.25) is 0 Å². The van der Waals surface area contributed by atoms with Crippen molar-refractivity contribution in [3.63, 3.8) is 0 Å². The van der Waals surface area contributed by atoms with E-state index in [9.17, 15) is 0 Å².